The number of anilines is 1. The number of pyridine rings is 1. The zero-order chi connectivity index (χ0) is 15.2. The second-order valence-corrected chi connectivity index (χ2v) is 5.38. The van der Waals surface area contributed by atoms with Crippen LogP contribution in [0.1, 0.15) is 43.1 Å². The molecule has 114 valence electrons. The number of aromatic nitrogens is 1. The van der Waals surface area contributed by atoms with E-state index in [1.54, 1.807) is 12.3 Å². The van der Waals surface area contributed by atoms with Crippen LogP contribution in [-0.4, -0.2) is 29.4 Å². The summed E-state index contributed by atoms with van der Waals surface area (Å²) in [6, 6.07) is 3.92. The number of rotatable bonds is 5. The fourth-order valence-corrected chi connectivity index (χ4v) is 2.65. The maximum atomic E-state index is 11.8. The highest BCUT2D eigenvalue weighted by atomic mass is 16.2. The molecule has 21 heavy (non-hydrogen) atoms. The van der Waals surface area contributed by atoms with E-state index in [0.717, 1.165) is 31.4 Å². The summed E-state index contributed by atoms with van der Waals surface area (Å²) in [6.07, 6.45) is 5.09. The molecule has 0 aliphatic heterocycles. The predicted molar refractivity (Wildman–Crippen MR) is 80.8 cm³/mol. The van der Waals surface area contributed by atoms with Crippen molar-refractivity contribution in [1.29, 1.82) is 0 Å². The fourth-order valence-electron chi connectivity index (χ4n) is 2.65. The number of nitrogens with zero attached hydrogens (tertiary/aromatic N) is 1. The molecule has 2 rings (SSSR count). The fraction of sp³-hybridized carbons (Fsp3) is 0.533. The van der Waals surface area contributed by atoms with Crippen molar-refractivity contribution in [3.8, 4) is 0 Å². The van der Waals surface area contributed by atoms with Gasteiger partial charge in [-0.1, -0.05) is 0 Å². The third-order valence-electron chi connectivity index (χ3n) is 3.83. The monoisotopic (exact) mass is 290 g/mol. The Hall–Kier alpha value is -2.11. The molecule has 4 N–H and O–H groups in total. The first-order chi connectivity index (χ1) is 10.1. The highest BCUT2D eigenvalue weighted by molar-refractivity contribution is 5.93. The van der Waals surface area contributed by atoms with Crippen LogP contribution in [-0.2, 0) is 4.79 Å². The SMILES string of the molecule is CCNC(=O)c1cc(NC2CCC(C(N)=O)CC2)ccn1. The smallest absolute Gasteiger partial charge is 0.269 e. The molecule has 6 nitrogen and oxygen atoms in total. The van der Waals surface area contributed by atoms with E-state index in [1.165, 1.54) is 0 Å². The number of nitrogens with one attached hydrogen (secondary N) is 2. The van der Waals surface area contributed by atoms with Crippen LogP contribution < -0.4 is 16.4 Å². The van der Waals surface area contributed by atoms with Gasteiger partial charge in [-0.15, -0.1) is 0 Å². The lowest BCUT2D eigenvalue weighted by Crippen LogP contribution is -2.32. The maximum Gasteiger partial charge on any atom is 0.269 e. The normalized spacial score (nSPS) is 21.6. The molecule has 0 bridgehead atoms. The summed E-state index contributed by atoms with van der Waals surface area (Å²) in [7, 11) is 0. The highest BCUT2D eigenvalue weighted by Crippen LogP contribution is 2.26. The molecule has 1 heterocycles. The molecule has 1 aromatic rings. The van der Waals surface area contributed by atoms with Crippen molar-refractivity contribution in [1.82, 2.24) is 10.3 Å². The number of carbonyl (C=O) groups is 2. The van der Waals surface area contributed by atoms with Crippen molar-refractivity contribution in [2.45, 2.75) is 38.6 Å². The number of primary amides is 1. The van der Waals surface area contributed by atoms with Gasteiger partial charge in [-0.3, -0.25) is 14.6 Å². The van der Waals surface area contributed by atoms with E-state index in [2.05, 4.69) is 15.6 Å². The van der Waals surface area contributed by atoms with E-state index in [0.29, 0.717) is 18.3 Å². The van der Waals surface area contributed by atoms with Gasteiger partial charge in [-0.25, -0.2) is 0 Å². The van der Waals surface area contributed by atoms with Crippen molar-refractivity contribution in [3.63, 3.8) is 0 Å². The standard InChI is InChI=1S/C15H22N4O2/c1-2-17-15(21)13-9-12(7-8-18-13)19-11-5-3-10(4-6-11)14(16)20/h7-11H,2-6H2,1H3,(H2,16,20)(H,17,21)(H,18,19). The van der Waals surface area contributed by atoms with Gasteiger partial charge in [0.1, 0.15) is 5.69 Å². The molecule has 0 spiro atoms. The van der Waals surface area contributed by atoms with Gasteiger partial charge in [-0.2, -0.15) is 0 Å². The third kappa shape index (κ3) is 4.18. The summed E-state index contributed by atoms with van der Waals surface area (Å²) in [4.78, 5) is 27.0. The molecular formula is C15H22N4O2. The van der Waals surface area contributed by atoms with Crippen molar-refractivity contribution >= 4 is 17.5 Å². The Kier molecular flexibility index (Phi) is 5.14. The summed E-state index contributed by atoms with van der Waals surface area (Å²) >= 11 is 0. The van der Waals surface area contributed by atoms with Crippen molar-refractivity contribution in [3.05, 3.63) is 24.0 Å². The van der Waals surface area contributed by atoms with Crippen LogP contribution in [0, 0.1) is 5.92 Å². The molecule has 1 aromatic heterocycles. The lowest BCUT2D eigenvalue weighted by molar-refractivity contribution is -0.122. The van der Waals surface area contributed by atoms with Crippen LogP contribution in [0.15, 0.2) is 18.3 Å². The summed E-state index contributed by atoms with van der Waals surface area (Å²) < 4.78 is 0. The van der Waals surface area contributed by atoms with Crippen molar-refractivity contribution in [2.24, 2.45) is 11.7 Å². The van der Waals surface area contributed by atoms with Gasteiger partial charge in [0.05, 0.1) is 0 Å². The number of hydrogen-bond donors (Lipinski definition) is 3. The van der Waals surface area contributed by atoms with Crippen LogP contribution in [0.2, 0.25) is 0 Å². The summed E-state index contributed by atoms with van der Waals surface area (Å²) in [6.45, 7) is 2.45. The van der Waals surface area contributed by atoms with Gasteiger partial charge in [0.25, 0.3) is 5.91 Å². The van der Waals surface area contributed by atoms with E-state index >= 15 is 0 Å². The van der Waals surface area contributed by atoms with Gasteiger partial charge >= 0.3 is 0 Å². The predicted octanol–water partition coefficient (Wildman–Crippen LogP) is 1.29. The number of nitrogens with two attached hydrogens (primary N) is 1. The number of hydrogen-bond acceptors (Lipinski definition) is 4. The van der Waals surface area contributed by atoms with Gasteiger partial charge < -0.3 is 16.4 Å². The van der Waals surface area contributed by atoms with E-state index in [1.807, 2.05) is 13.0 Å². The molecule has 0 saturated heterocycles. The zero-order valence-corrected chi connectivity index (χ0v) is 12.3. The minimum Gasteiger partial charge on any atom is -0.382 e. The minimum absolute atomic E-state index is 0.00591. The van der Waals surface area contributed by atoms with Gasteiger partial charge in [-0.05, 0) is 44.7 Å². The van der Waals surface area contributed by atoms with Gasteiger partial charge in [0, 0.05) is 30.4 Å². The van der Waals surface area contributed by atoms with Crippen LogP contribution >= 0.6 is 0 Å². The van der Waals surface area contributed by atoms with Gasteiger partial charge in [0.15, 0.2) is 0 Å². The average molecular weight is 290 g/mol. The van der Waals surface area contributed by atoms with Crippen LogP contribution in [0.3, 0.4) is 0 Å². The maximum absolute atomic E-state index is 11.8. The molecule has 1 saturated carbocycles. The first kappa shape index (κ1) is 15.3. The molecule has 1 fully saturated rings. The Balaban J connectivity index is 1.93. The van der Waals surface area contributed by atoms with Crippen LogP contribution in [0.5, 0.6) is 0 Å². The van der Waals surface area contributed by atoms with Crippen molar-refractivity contribution < 1.29 is 9.59 Å². The van der Waals surface area contributed by atoms with E-state index in [-0.39, 0.29) is 17.7 Å². The van der Waals surface area contributed by atoms with E-state index < -0.39 is 0 Å². The van der Waals surface area contributed by atoms with Crippen molar-refractivity contribution in [2.75, 3.05) is 11.9 Å². The van der Waals surface area contributed by atoms with E-state index in [4.69, 9.17) is 5.73 Å². The van der Waals surface area contributed by atoms with Crippen LogP contribution in [0.25, 0.3) is 0 Å². The second-order valence-electron chi connectivity index (χ2n) is 5.38. The average Bonchev–Trinajstić information content (AvgIpc) is 2.48. The minimum atomic E-state index is -0.198. The third-order valence-corrected chi connectivity index (χ3v) is 3.83. The molecule has 6 heteroatoms. The molecule has 0 radical (unpaired) electrons. The first-order valence-corrected chi connectivity index (χ1v) is 7.40. The molecule has 0 aromatic carbocycles. The lowest BCUT2D eigenvalue weighted by atomic mass is 9.85. The Labute approximate surface area is 124 Å². The summed E-state index contributed by atoms with van der Waals surface area (Å²) in [5.74, 6) is -0.360. The summed E-state index contributed by atoms with van der Waals surface area (Å²) in [5.41, 5.74) is 6.63. The zero-order valence-electron chi connectivity index (χ0n) is 12.3. The molecule has 1 aliphatic carbocycles. The molecule has 0 unspecified atom stereocenters. The van der Waals surface area contributed by atoms with E-state index in [9.17, 15) is 9.59 Å². The number of amides is 2. The Morgan fingerprint density at radius 3 is 2.67 bits per heavy atom. The lowest BCUT2D eigenvalue weighted by Gasteiger charge is -2.28. The first-order valence-electron chi connectivity index (χ1n) is 7.40. The molecule has 2 amide bonds. The largest absolute Gasteiger partial charge is 0.382 e. The molecule has 1 aliphatic rings. The Morgan fingerprint density at radius 1 is 1.33 bits per heavy atom. The topological polar surface area (TPSA) is 97.1 Å². The Morgan fingerprint density at radius 2 is 2.05 bits per heavy atom. The second kappa shape index (κ2) is 7.06. The van der Waals surface area contributed by atoms with Crippen LogP contribution in [0.4, 0.5) is 5.69 Å². The number of carbonyl (C=O) groups excluding carboxylic acids is 2. The molecule has 0 atom stereocenters. The summed E-state index contributed by atoms with van der Waals surface area (Å²) in [5, 5.41) is 6.14. The molecular weight excluding hydrogens is 268 g/mol. The highest BCUT2D eigenvalue weighted by Gasteiger charge is 2.24. The van der Waals surface area contributed by atoms with Gasteiger partial charge in [0.2, 0.25) is 5.91 Å². The Bertz CT molecular complexity index is 510. The quantitative estimate of drug-likeness (QED) is 0.761.